The zero-order valence-electron chi connectivity index (χ0n) is 18.3. The Morgan fingerprint density at radius 2 is 1.97 bits per heavy atom. The van der Waals surface area contributed by atoms with Crippen LogP contribution in [-0.4, -0.2) is 32.1 Å². The number of benzene rings is 2. The highest BCUT2D eigenvalue weighted by Crippen LogP contribution is 2.29. The molecule has 8 nitrogen and oxygen atoms in total. The molecule has 0 bridgehead atoms. The van der Waals surface area contributed by atoms with Gasteiger partial charge in [0.25, 0.3) is 5.56 Å². The molecule has 2 aromatic carbocycles. The van der Waals surface area contributed by atoms with Gasteiger partial charge < -0.3 is 14.6 Å². The van der Waals surface area contributed by atoms with E-state index in [1.807, 2.05) is 61.1 Å². The molecule has 0 saturated heterocycles. The number of para-hydroxylation sites is 2. The minimum Gasteiger partial charge on any atom is -0.496 e. The Labute approximate surface area is 185 Å². The minimum absolute atomic E-state index is 0.120. The van der Waals surface area contributed by atoms with E-state index in [4.69, 9.17) is 4.74 Å². The number of hydrogen-bond donors (Lipinski definition) is 1. The second-order valence-electron chi connectivity index (χ2n) is 7.60. The summed E-state index contributed by atoms with van der Waals surface area (Å²) in [5.74, 6) is 1.13. The molecule has 1 unspecified atom stereocenters. The van der Waals surface area contributed by atoms with Crippen LogP contribution in [0.4, 0.5) is 0 Å². The number of imidazole rings is 1. The number of nitrogens with one attached hydrogen (secondary N) is 1. The average Bonchev–Trinajstić information content (AvgIpc) is 3.23. The highest BCUT2D eigenvalue weighted by atomic mass is 16.5. The van der Waals surface area contributed by atoms with Crippen molar-refractivity contribution < 1.29 is 9.53 Å². The van der Waals surface area contributed by atoms with Gasteiger partial charge in [-0.05, 0) is 24.6 Å². The van der Waals surface area contributed by atoms with Crippen LogP contribution in [0.15, 0.2) is 66.0 Å². The number of ether oxygens (including phenoxy) is 1. The third kappa shape index (κ3) is 4.12. The lowest BCUT2D eigenvalue weighted by atomic mass is 10.0. The van der Waals surface area contributed by atoms with Gasteiger partial charge in [-0.3, -0.25) is 14.2 Å². The molecule has 32 heavy (non-hydrogen) atoms. The Balaban J connectivity index is 1.56. The van der Waals surface area contributed by atoms with E-state index in [9.17, 15) is 9.59 Å². The molecular formula is C24H25N5O3. The Morgan fingerprint density at radius 3 is 2.72 bits per heavy atom. The summed E-state index contributed by atoms with van der Waals surface area (Å²) in [6.45, 7) is 2.14. The number of amides is 1. The van der Waals surface area contributed by atoms with Crippen molar-refractivity contribution in [3.05, 3.63) is 88.5 Å². The first-order chi connectivity index (χ1) is 15.5. The Hall–Kier alpha value is -3.94. The number of aryl methyl sites for hydroxylation is 3. The monoisotopic (exact) mass is 431 g/mol. The Bertz CT molecular complexity index is 1320. The molecule has 0 fully saturated rings. The van der Waals surface area contributed by atoms with Crippen LogP contribution in [0.3, 0.4) is 0 Å². The Morgan fingerprint density at radius 1 is 1.16 bits per heavy atom. The van der Waals surface area contributed by atoms with Gasteiger partial charge in [0.05, 0.1) is 24.3 Å². The van der Waals surface area contributed by atoms with E-state index in [1.54, 1.807) is 19.4 Å². The lowest BCUT2D eigenvalue weighted by Crippen LogP contribution is -2.33. The van der Waals surface area contributed by atoms with Gasteiger partial charge >= 0.3 is 0 Å². The maximum atomic E-state index is 12.9. The van der Waals surface area contributed by atoms with Crippen LogP contribution in [0.2, 0.25) is 0 Å². The summed E-state index contributed by atoms with van der Waals surface area (Å²) >= 11 is 0. The predicted octanol–water partition coefficient (Wildman–Crippen LogP) is 2.74. The van der Waals surface area contributed by atoms with Crippen LogP contribution in [0.1, 0.15) is 29.4 Å². The topological polar surface area (TPSA) is 91.0 Å². The molecule has 0 radical (unpaired) electrons. The van der Waals surface area contributed by atoms with Crippen molar-refractivity contribution in [1.82, 2.24) is 24.4 Å². The van der Waals surface area contributed by atoms with Gasteiger partial charge in [0.15, 0.2) is 0 Å². The molecule has 1 N–H and O–H groups in total. The first kappa shape index (κ1) is 21.3. The summed E-state index contributed by atoms with van der Waals surface area (Å²) in [4.78, 5) is 34.6. The number of fused-ring (bicyclic) bond motifs is 1. The lowest BCUT2D eigenvalue weighted by molar-refractivity contribution is -0.121. The molecule has 0 aliphatic heterocycles. The molecule has 8 heteroatoms. The fourth-order valence-corrected chi connectivity index (χ4v) is 3.79. The number of carbonyl (C=O) groups excluding carboxylic acids is 1. The highest BCUT2D eigenvalue weighted by molar-refractivity contribution is 5.80. The van der Waals surface area contributed by atoms with Gasteiger partial charge in [-0.1, -0.05) is 30.3 Å². The van der Waals surface area contributed by atoms with E-state index in [2.05, 4.69) is 15.3 Å². The van der Waals surface area contributed by atoms with Crippen molar-refractivity contribution in [2.45, 2.75) is 25.9 Å². The fraction of sp³-hybridized carbons (Fsp3) is 0.250. The van der Waals surface area contributed by atoms with Gasteiger partial charge in [0.1, 0.15) is 17.6 Å². The highest BCUT2D eigenvalue weighted by Gasteiger charge is 2.23. The molecule has 164 valence electrons. The van der Waals surface area contributed by atoms with E-state index < -0.39 is 6.04 Å². The molecular weight excluding hydrogens is 406 g/mol. The molecule has 4 rings (SSSR count). The minimum atomic E-state index is -0.493. The van der Waals surface area contributed by atoms with E-state index in [1.165, 1.54) is 10.9 Å². The summed E-state index contributed by atoms with van der Waals surface area (Å²) in [5.41, 5.74) is 2.28. The summed E-state index contributed by atoms with van der Waals surface area (Å²) in [6, 6.07) is 12.5. The number of hydrogen-bond acceptors (Lipinski definition) is 5. The normalized spacial score (nSPS) is 12.0. The molecule has 0 spiro atoms. The van der Waals surface area contributed by atoms with Crippen molar-refractivity contribution in [3.8, 4) is 5.75 Å². The van der Waals surface area contributed by atoms with Crippen molar-refractivity contribution >= 4 is 16.8 Å². The fourth-order valence-electron chi connectivity index (χ4n) is 3.79. The van der Waals surface area contributed by atoms with Crippen LogP contribution in [0, 0.1) is 6.92 Å². The third-order valence-electron chi connectivity index (χ3n) is 5.51. The number of rotatable bonds is 7. The van der Waals surface area contributed by atoms with Gasteiger partial charge in [-0.15, -0.1) is 0 Å². The SMILES string of the molecule is COc1ccccc1C(NC(=O)CCn1cnc2c(C)cccc2c1=O)c1nccn1C. The second kappa shape index (κ2) is 9.05. The maximum Gasteiger partial charge on any atom is 0.261 e. The first-order valence-corrected chi connectivity index (χ1v) is 10.3. The first-order valence-electron chi connectivity index (χ1n) is 10.3. The van der Waals surface area contributed by atoms with Gasteiger partial charge in [0, 0.05) is 38.0 Å². The maximum absolute atomic E-state index is 12.9. The van der Waals surface area contributed by atoms with Crippen LogP contribution >= 0.6 is 0 Å². The van der Waals surface area contributed by atoms with Crippen LogP contribution in [0.5, 0.6) is 5.75 Å². The Kier molecular flexibility index (Phi) is 6.02. The molecule has 0 aliphatic carbocycles. The lowest BCUT2D eigenvalue weighted by Gasteiger charge is -2.21. The number of aromatic nitrogens is 4. The molecule has 2 aromatic heterocycles. The van der Waals surface area contributed by atoms with E-state index in [0.29, 0.717) is 22.5 Å². The smallest absolute Gasteiger partial charge is 0.261 e. The quantitative estimate of drug-likeness (QED) is 0.486. The molecule has 0 saturated carbocycles. The summed E-state index contributed by atoms with van der Waals surface area (Å²) in [6.07, 6.45) is 5.13. The zero-order valence-corrected chi connectivity index (χ0v) is 18.3. The third-order valence-corrected chi connectivity index (χ3v) is 5.51. The molecule has 1 atom stereocenters. The van der Waals surface area contributed by atoms with E-state index in [0.717, 1.165) is 11.1 Å². The molecule has 0 aliphatic rings. The van der Waals surface area contributed by atoms with Crippen molar-refractivity contribution in [3.63, 3.8) is 0 Å². The zero-order chi connectivity index (χ0) is 22.7. The van der Waals surface area contributed by atoms with Crippen molar-refractivity contribution in [2.24, 2.45) is 7.05 Å². The summed E-state index contributed by atoms with van der Waals surface area (Å²) in [7, 11) is 3.47. The predicted molar refractivity (Wildman–Crippen MR) is 122 cm³/mol. The number of nitrogens with zero attached hydrogens (tertiary/aromatic N) is 4. The average molecular weight is 431 g/mol. The molecule has 4 aromatic rings. The molecule has 2 heterocycles. The largest absolute Gasteiger partial charge is 0.496 e. The van der Waals surface area contributed by atoms with Crippen molar-refractivity contribution in [1.29, 1.82) is 0 Å². The van der Waals surface area contributed by atoms with E-state index >= 15 is 0 Å². The van der Waals surface area contributed by atoms with Gasteiger partial charge in [0.2, 0.25) is 5.91 Å². The van der Waals surface area contributed by atoms with E-state index in [-0.39, 0.29) is 24.4 Å². The standard InChI is InChI=1S/C24H25N5O3/c1-16-7-6-9-18-21(16)26-15-29(24(18)31)13-11-20(30)27-22(23-25-12-14-28(23)2)17-8-4-5-10-19(17)32-3/h4-10,12,14-15,22H,11,13H2,1-3H3,(H,27,30). The van der Waals surface area contributed by atoms with Crippen LogP contribution in [0.25, 0.3) is 10.9 Å². The number of carbonyl (C=O) groups is 1. The second-order valence-corrected chi connectivity index (χ2v) is 7.60. The van der Waals surface area contributed by atoms with Gasteiger partial charge in [-0.25, -0.2) is 9.97 Å². The van der Waals surface area contributed by atoms with Crippen molar-refractivity contribution in [2.75, 3.05) is 7.11 Å². The van der Waals surface area contributed by atoms with Crippen LogP contribution < -0.4 is 15.6 Å². The summed E-state index contributed by atoms with van der Waals surface area (Å²) in [5, 5.41) is 3.60. The van der Waals surface area contributed by atoms with Crippen LogP contribution in [-0.2, 0) is 18.4 Å². The summed E-state index contributed by atoms with van der Waals surface area (Å²) < 4.78 is 8.83. The number of methoxy groups -OCH3 is 1. The van der Waals surface area contributed by atoms with Gasteiger partial charge in [-0.2, -0.15) is 0 Å². The molecule has 1 amide bonds.